The number of morpholine rings is 1. The lowest BCUT2D eigenvalue weighted by Crippen LogP contribution is -2.36. The van der Waals surface area contributed by atoms with E-state index in [0.29, 0.717) is 0 Å². The van der Waals surface area contributed by atoms with Crippen molar-refractivity contribution in [1.29, 1.82) is 0 Å². The molecular weight excluding hydrogens is 288 g/mol. The molecular formula is C13H14N6OS. The van der Waals surface area contributed by atoms with Gasteiger partial charge in [0.1, 0.15) is 5.01 Å². The fourth-order valence-electron chi connectivity index (χ4n) is 2.33. The molecule has 4 heterocycles. The lowest BCUT2D eigenvalue weighted by molar-refractivity contribution is 0.0328. The number of nitrogens with zero attached hydrogens (tertiary/aromatic N) is 6. The summed E-state index contributed by atoms with van der Waals surface area (Å²) in [6.07, 6.45) is 3.54. The maximum atomic E-state index is 5.36. The molecule has 0 aromatic carbocycles. The van der Waals surface area contributed by atoms with Gasteiger partial charge in [0, 0.05) is 31.0 Å². The van der Waals surface area contributed by atoms with Crippen molar-refractivity contribution in [2.45, 2.75) is 6.54 Å². The second-order valence-corrected chi connectivity index (χ2v) is 5.80. The van der Waals surface area contributed by atoms with E-state index in [1.807, 2.05) is 16.6 Å². The Labute approximate surface area is 125 Å². The van der Waals surface area contributed by atoms with Crippen LogP contribution in [-0.4, -0.2) is 56.0 Å². The molecule has 0 atom stereocenters. The Bertz CT molecular complexity index is 734. The molecule has 0 unspecified atom stereocenters. The van der Waals surface area contributed by atoms with Crippen LogP contribution in [0.25, 0.3) is 15.5 Å². The number of rotatable bonds is 3. The Morgan fingerprint density at radius 1 is 1.14 bits per heavy atom. The number of pyridine rings is 1. The van der Waals surface area contributed by atoms with E-state index < -0.39 is 0 Å². The first kappa shape index (κ1) is 12.8. The van der Waals surface area contributed by atoms with E-state index in [-0.39, 0.29) is 0 Å². The second kappa shape index (κ2) is 5.47. The minimum absolute atomic E-state index is 0.754. The third kappa shape index (κ3) is 2.53. The third-order valence-corrected chi connectivity index (χ3v) is 4.40. The number of ether oxygens (including phenoxy) is 1. The molecule has 0 bridgehead atoms. The summed E-state index contributed by atoms with van der Waals surface area (Å²) in [4.78, 5) is 7.17. The Morgan fingerprint density at radius 2 is 1.95 bits per heavy atom. The topological polar surface area (TPSA) is 68.4 Å². The van der Waals surface area contributed by atoms with Crippen LogP contribution >= 0.6 is 11.3 Å². The van der Waals surface area contributed by atoms with Gasteiger partial charge in [0.15, 0.2) is 5.82 Å². The van der Waals surface area contributed by atoms with Gasteiger partial charge in [-0.25, -0.2) is 0 Å². The normalized spacial score (nSPS) is 16.6. The lowest BCUT2D eigenvalue weighted by Gasteiger charge is -2.25. The van der Waals surface area contributed by atoms with Gasteiger partial charge in [0.05, 0.1) is 19.8 Å². The minimum Gasteiger partial charge on any atom is -0.379 e. The van der Waals surface area contributed by atoms with Crippen LogP contribution in [-0.2, 0) is 11.3 Å². The first-order valence-corrected chi connectivity index (χ1v) is 7.63. The summed E-state index contributed by atoms with van der Waals surface area (Å²) >= 11 is 1.54. The summed E-state index contributed by atoms with van der Waals surface area (Å²) in [7, 11) is 0. The van der Waals surface area contributed by atoms with E-state index in [1.165, 1.54) is 0 Å². The molecule has 1 saturated heterocycles. The Balaban J connectivity index is 1.63. The van der Waals surface area contributed by atoms with Crippen molar-refractivity contribution in [3.05, 3.63) is 30.4 Å². The van der Waals surface area contributed by atoms with Crippen molar-refractivity contribution < 1.29 is 4.74 Å². The number of aromatic nitrogens is 5. The number of hydrogen-bond acceptors (Lipinski definition) is 7. The Morgan fingerprint density at radius 3 is 2.76 bits per heavy atom. The molecule has 8 heteroatoms. The van der Waals surface area contributed by atoms with Gasteiger partial charge in [0.2, 0.25) is 4.96 Å². The van der Waals surface area contributed by atoms with Crippen LogP contribution in [0.15, 0.2) is 24.5 Å². The molecule has 1 fully saturated rings. The van der Waals surface area contributed by atoms with E-state index in [1.54, 1.807) is 23.7 Å². The molecule has 1 aliphatic rings. The van der Waals surface area contributed by atoms with Crippen molar-refractivity contribution in [2.75, 3.05) is 26.3 Å². The second-order valence-electron chi connectivity index (χ2n) is 4.84. The third-order valence-electron chi connectivity index (χ3n) is 3.45. The summed E-state index contributed by atoms with van der Waals surface area (Å²) in [5.41, 5.74) is 1.05. The van der Waals surface area contributed by atoms with E-state index in [4.69, 9.17) is 4.74 Å². The predicted molar refractivity (Wildman–Crippen MR) is 78.0 cm³/mol. The van der Waals surface area contributed by atoms with Crippen LogP contribution < -0.4 is 0 Å². The first-order valence-electron chi connectivity index (χ1n) is 6.82. The zero-order valence-corrected chi connectivity index (χ0v) is 12.2. The molecule has 7 nitrogen and oxygen atoms in total. The largest absolute Gasteiger partial charge is 0.379 e. The highest BCUT2D eigenvalue weighted by atomic mass is 32.1. The summed E-state index contributed by atoms with van der Waals surface area (Å²) < 4.78 is 7.21. The highest BCUT2D eigenvalue weighted by Crippen LogP contribution is 2.24. The van der Waals surface area contributed by atoms with Gasteiger partial charge in [0.25, 0.3) is 0 Å². The van der Waals surface area contributed by atoms with Crippen molar-refractivity contribution in [2.24, 2.45) is 0 Å². The maximum absolute atomic E-state index is 5.36. The van der Waals surface area contributed by atoms with Crippen LogP contribution in [0.1, 0.15) is 5.82 Å². The standard InChI is InChI=1S/C13H14N6OS/c1-3-14-4-2-10(1)12-17-19-11(15-16-13(19)21-12)9-18-5-7-20-8-6-18/h1-4H,5-9H2. The molecule has 0 aliphatic carbocycles. The van der Waals surface area contributed by atoms with E-state index in [2.05, 4.69) is 25.2 Å². The van der Waals surface area contributed by atoms with Crippen molar-refractivity contribution in [1.82, 2.24) is 29.7 Å². The van der Waals surface area contributed by atoms with E-state index >= 15 is 0 Å². The average Bonchev–Trinajstić information content (AvgIpc) is 3.11. The minimum atomic E-state index is 0.754. The van der Waals surface area contributed by atoms with E-state index in [0.717, 1.165) is 54.2 Å². The molecule has 21 heavy (non-hydrogen) atoms. The fourth-order valence-corrected chi connectivity index (χ4v) is 3.19. The Kier molecular flexibility index (Phi) is 3.34. The summed E-state index contributed by atoms with van der Waals surface area (Å²) in [5.74, 6) is 0.878. The molecule has 0 radical (unpaired) electrons. The first-order chi connectivity index (χ1) is 10.4. The van der Waals surface area contributed by atoms with Gasteiger partial charge >= 0.3 is 0 Å². The monoisotopic (exact) mass is 302 g/mol. The molecule has 3 aromatic rings. The summed E-state index contributed by atoms with van der Waals surface area (Å²) in [6, 6.07) is 3.90. The number of hydrogen-bond donors (Lipinski definition) is 0. The zero-order chi connectivity index (χ0) is 14.1. The van der Waals surface area contributed by atoms with Crippen LogP contribution in [0.2, 0.25) is 0 Å². The molecule has 0 spiro atoms. The number of fused-ring (bicyclic) bond motifs is 1. The van der Waals surface area contributed by atoms with Gasteiger partial charge in [-0.1, -0.05) is 11.3 Å². The average molecular weight is 302 g/mol. The predicted octanol–water partition coefficient (Wildman–Crippen LogP) is 1.08. The molecule has 4 rings (SSSR count). The highest BCUT2D eigenvalue weighted by molar-refractivity contribution is 7.19. The Hall–Kier alpha value is -1.90. The maximum Gasteiger partial charge on any atom is 0.235 e. The van der Waals surface area contributed by atoms with Crippen LogP contribution in [0.5, 0.6) is 0 Å². The van der Waals surface area contributed by atoms with Gasteiger partial charge in [-0.05, 0) is 12.1 Å². The van der Waals surface area contributed by atoms with Crippen LogP contribution in [0.3, 0.4) is 0 Å². The highest BCUT2D eigenvalue weighted by Gasteiger charge is 2.17. The molecule has 108 valence electrons. The molecule has 3 aromatic heterocycles. The lowest BCUT2D eigenvalue weighted by atomic mass is 10.3. The smallest absolute Gasteiger partial charge is 0.235 e. The van der Waals surface area contributed by atoms with Gasteiger partial charge in [-0.2, -0.15) is 9.61 Å². The van der Waals surface area contributed by atoms with Gasteiger partial charge in [-0.3, -0.25) is 9.88 Å². The SMILES string of the molecule is c1cc(-c2nn3c(CN4CCOCC4)nnc3s2)ccn1. The van der Waals surface area contributed by atoms with Gasteiger partial charge < -0.3 is 4.74 Å². The zero-order valence-electron chi connectivity index (χ0n) is 11.3. The molecule has 1 aliphatic heterocycles. The quantitative estimate of drug-likeness (QED) is 0.721. The summed E-state index contributed by atoms with van der Waals surface area (Å²) in [5, 5.41) is 14.0. The van der Waals surface area contributed by atoms with Crippen molar-refractivity contribution in [3.63, 3.8) is 0 Å². The van der Waals surface area contributed by atoms with Crippen LogP contribution in [0.4, 0.5) is 0 Å². The van der Waals surface area contributed by atoms with Gasteiger partial charge in [-0.15, -0.1) is 10.2 Å². The molecule has 0 saturated carbocycles. The molecule has 0 amide bonds. The van der Waals surface area contributed by atoms with Crippen molar-refractivity contribution in [3.8, 4) is 10.6 Å². The fraction of sp³-hybridized carbons (Fsp3) is 0.385. The summed E-state index contributed by atoms with van der Waals surface area (Å²) in [6.45, 7) is 4.17. The van der Waals surface area contributed by atoms with E-state index in [9.17, 15) is 0 Å². The van der Waals surface area contributed by atoms with Crippen molar-refractivity contribution >= 4 is 16.3 Å². The molecule has 0 N–H and O–H groups in total. The van der Waals surface area contributed by atoms with Crippen LogP contribution in [0, 0.1) is 0 Å².